The number of nitro benzene ring substituents is 1. The molecule has 1 rings (SSSR count). The first-order chi connectivity index (χ1) is 10.4. The number of hydrogen-bond acceptors (Lipinski definition) is 3. The Morgan fingerprint density at radius 3 is 2.22 bits per heavy atom. The van der Waals surface area contributed by atoms with Crippen molar-refractivity contribution >= 4 is 13.8 Å². The Labute approximate surface area is 139 Å². The number of nitro groups is 1. The highest BCUT2D eigenvalue weighted by molar-refractivity contribution is 6.83. The van der Waals surface area contributed by atoms with E-state index in [1.54, 1.807) is 18.2 Å². The van der Waals surface area contributed by atoms with Crippen molar-refractivity contribution in [3.63, 3.8) is 0 Å². The largest absolute Gasteiger partial charge is 0.381 e. The Balaban J connectivity index is 3.24. The minimum Gasteiger partial charge on any atom is -0.381 e. The van der Waals surface area contributed by atoms with Gasteiger partial charge in [-0.05, 0) is 17.2 Å². The Bertz CT molecular complexity index is 648. The van der Waals surface area contributed by atoms with Crippen molar-refractivity contribution in [3.8, 4) is 11.8 Å². The number of non-ortho nitro benzene ring substituents is 1. The van der Waals surface area contributed by atoms with Gasteiger partial charge in [0.1, 0.15) is 13.3 Å². The van der Waals surface area contributed by atoms with Crippen LogP contribution < -0.4 is 0 Å². The van der Waals surface area contributed by atoms with Gasteiger partial charge in [-0.3, -0.25) is 10.1 Å². The van der Waals surface area contributed by atoms with Crippen molar-refractivity contribution < 1.29 is 10.0 Å². The maximum atomic E-state index is 11.2. The fraction of sp³-hybridized carbons (Fsp3) is 0.444. The molecular weight excluding hydrogens is 306 g/mol. The Morgan fingerprint density at radius 2 is 1.83 bits per heavy atom. The van der Waals surface area contributed by atoms with Gasteiger partial charge in [-0.2, -0.15) is 0 Å². The standard InChI is InChI=1S/C18H25NO3Si/c1-7-13-18(20,23(5,6)17(2,3)4)14-12-15-8-10-16(11-9-15)19(21)22/h7-11,20H,1,13H2,2-6H3. The maximum Gasteiger partial charge on any atom is 0.269 e. The van der Waals surface area contributed by atoms with E-state index in [0.29, 0.717) is 12.0 Å². The van der Waals surface area contributed by atoms with Gasteiger partial charge >= 0.3 is 0 Å². The van der Waals surface area contributed by atoms with Crippen LogP contribution in [0.3, 0.4) is 0 Å². The van der Waals surface area contributed by atoms with E-state index >= 15 is 0 Å². The fourth-order valence-corrected chi connectivity index (χ4v) is 4.40. The third-order valence-corrected chi connectivity index (χ3v) is 11.0. The highest BCUT2D eigenvalue weighted by Gasteiger charge is 2.51. The summed E-state index contributed by atoms with van der Waals surface area (Å²) < 4.78 is 0. The average molecular weight is 331 g/mol. The molecule has 0 saturated heterocycles. The van der Waals surface area contributed by atoms with Crippen LogP contribution in [0.2, 0.25) is 18.1 Å². The van der Waals surface area contributed by atoms with Crippen molar-refractivity contribution in [2.24, 2.45) is 0 Å². The molecule has 0 heterocycles. The van der Waals surface area contributed by atoms with Gasteiger partial charge in [0.2, 0.25) is 0 Å². The number of hydrogen-bond donors (Lipinski definition) is 1. The van der Waals surface area contributed by atoms with Crippen LogP contribution in [0.1, 0.15) is 32.8 Å². The van der Waals surface area contributed by atoms with E-state index in [-0.39, 0.29) is 10.7 Å². The third kappa shape index (κ3) is 4.09. The molecule has 0 amide bonds. The summed E-state index contributed by atoms with van der Waals surface area (Å²) in [5, 5.41) is 20.7. The molecule has 124 valence electrons. The predicted molar refractivity (Wildman–Crippen MR) is 96.9 cm³/mol. The summed E-state index contributed by atoms with van der Waals surface area (Å²) in [5.41, 5.74) is 0.679. The van der Waals surface area contributed by atoms with E-state index in [0.717, 1.165) is 0 Å². The zero-order valence-corrected chi connectivity index (χ0v) is 15.5. The van der Waals surface area contributed by atoms with Gasteiger partial charge in [0, 0.05) is 24.1 Å². The second-order valence-corrected chi connectivity index (χ2v) is 12.9. The quantitative estimate of drug-likeness (QED) is 0.294. The van der Waals surface area contributed by atoms with E-state index in [2.05, 4.69) is 52.3 Å². The smallest absolute Gasteiger partial charge is 0.269 e. The summed E-state index contributed by atoms with van der Waals surface area (Å²) >= 11 is 0. The molecule has 0 fully saturated rings. The second kappa shape index (κ2) is 6.69. The average Bonchev–Trinajstić information content (AvgIpc) is 2.44. The van der Waals surface area contributed by atoms with Crippen LogP contribution in [-0.4, -0.2) is 23.3 Å². The molecule has 1 aromatic carbocycles. The number of rotatable bonds is 4. The molecule has 5 heteroatoms. The van der Waals surface area contributed by atoms with Crippen molar-refractivity contribution in [3.05, 3.63) is 52.6 Å². The molecule has 0 aromatic heterocycles. The third-order valence-electron chi connectivity index (χ3n) is 4.84. The van der Waals surface area contributed by atoms with E-state index in [4.69, 9.17) is 0 Å². The lowest BCUT2D eigenvalue weighted by atomic mass is 10.2. The molecule has 1 aromatic rings. The first-order valence-electron chi connectivity index (χ1n) is 7.55. The van der Waals surface area contributed by atoms with Gasteiger partial charge in [-0.25, -0.2) is 0 Å². The van der Waals surface area contributed by atoms with Crippen LogP contribution in [0.5, 0.6) is 0 Å². The monoisotopic (exact) mass is 331 g/mol. The van der Waals surface area contributed by atoms with Gasteiger partial charge < -0.3 is 5.11 Å². The van der Waals surface area contributed by atoms with Gasteiger partial charge in [-0.1, -0.05) is 51.8 Å². The zero-order chi connectivity index (χ0) is 17.9. The van der Waals surface area contributed by atoms with Crippen LogP contribution in [-0.2, 0) is 0 Å². The molecule has 1 atom stereocenters. The minimum atomic E-state index is -2.16. The van der Waals surface area contributed by atoms with Crippen LogP contribution in [0.4, 0.5) is 5.69 Å². The van der Waals surface area contributed by atoms with Crippen LogP contribution in [0, 0.1) is 22.0 Å². The van der Waals surface area contributed by atoms with E-state index in [1.165, 1.54) is 12.1 Å². The molecule has 1 unspecified atom stereocenters. The van der Waals surface area contributed by atoms with Crippen molar-refractivity contribution in [2.75, 3.05) is 0 Å². The lowest BCUT2D eigenvalue weighted by Gasteiger charge is -2.46. The van der Waals surface area contributed by atoms with E-state index in [1.807, 2.05) is 0 Å². The van der Waals surface area contributed by atoms with Gasteiger partial charge in [0.15, 0.2) is 0 Å². The summed E-state index contributed by atoms with van der Waals surface area (Å²) in [4.78, 5) is 10.2. The molecule has 4 nitrogen and oxygen atoms in total. The van der Waals surface area contributed by atoms with Crippen LogP contribution in [0.15, 0.2) is 36.9 Å². The molecule has 0 aliphatic carbocycles. The summed E-state index contributed by atoms with van der Waals surface area (Å²) in [7, 11) is -2.16. The van der Waals surface area contributed by atoms with Crippen LogP contribution >= 0.6 is 0 Å². The molecule has 0 aliphatic rings. The maximum absolute atomic E-state index is 11.2. The first kappa shape index (κ1) is 19.1. The van der Waals surface area contributed by atoms with E-state index < -0.39 is 18.2 Å². The molecule has 1 N–H and O–H groups in total. The van der Waals surface area contributed by atoms with E-state index in [9.17, 15) is 15.2 Å². The normalized spacial score (nSPS) is 14.3. The summed E-state index contributed by atoms with van der Waals surface area (Å²) in [6.07, 6.45) is 2.11. The number of nitrogens with zero attached hydrogens (tertiary/aromatic N) is 1. The fourth-order valence-electron chi connectivity index (χ4n) is 2.13. The highest BCUT2D eigenvalue weighted by Crippen LogP contribution is 2.44. The Hall–Kier alpha value is -1.90. The SMILES string of the molecule is C=CCC(O)(C#Cc1ccc([N+](=O)[O-])cc1)[Si](C)(C)C(C)(C)C. The number of benzene rings is 1. The number of aliphatic hydroxyl groups is 1. The Kier molecular flexibility index (Phi) is 5.57. The molecule has 23 heavy (non-hydrogen) atoms. The topological polar surface area (TPSA) is 63.4 Å². The Morgan fingerprint density at radius 1 is 1.30 bits per heavy atom. The summed E-state index contributed by atoms with van der Waals surface area (Å²) in [6, 6.07) is 6.04. The summed E-state index contributed by atoms with van der Waals surface area (Å²) in [6.45, 7) is 14.4. The lowest BCUT2D eigenvalue weighted by molar-refractivity contribution is -0.384. The minimum absolute atomic E-state index is 0.0290. The van der Waals surface area contributed by atoms with Crippen molar-refractivity contribution in [2.45, 2.75) is 50.5 Å². The van der Waals surface area contributed by atoms with Gasteiger partial charge in [0.25, 0.3) is 5.69 Å². The molecule has 0 radical (unpaired) electrons. The van der Waals surface area contributed by atoms with Gasteiger partial charge in [-0.15, -0.1) is 6.58 Å². The van der Waals surface area contributed by atoms with Gasteiger partial charge in [0.05, 0.1) is 4.92 Å². The zero-order valence-electron chi connectivity index (χ0n) is 14.5. The van der Waals surface area contributed by atoms with Crippen LogP contribution in [0.25, 0.3) is 0 Å². The molecular formula is C18H25NO3Si. The predicted octanol–water partition coefficient (Wildman–Crippen LogP) is 4.30. The highest BCUT2D eigenvalue weighted by atomic mass is 28.3. The first-order valence-corrected chi connectivity index (χ1v) is 10.6. The summed E-state index contributed by atoms with van der Waals surface area (Å²) in [5.74, 6) is 6.01. The lowest BCUT2D eigenvalue weighted by Crippen LogP contribution is -2.58. The molecule has 0 aliphatic heterocycles. The van der Waals surface area contributed by atoms with Crippen molar-refractivity contribution in [1.29, 1.82) is 0 Å². The molecule has 0 saturated carbocycles. The molecule has 0 bridgehead atoms. The molecule has 0 spiro atoms. The van der Waals surface area contributed by atoms with Crippen molar-refractivity contribution in [1.82, 2.24) is 0 Å². The second-order valence-electron chi connectivity index (χ2n) is 7.28.